The minimum atomic E-state index is -1.03. The summed E-state index contributed by atoms with van der Waals surface area (Å²) in [7, 11) is 0. The van der Waals surface area contributed by atoms with Crippen LogP contribution < -0.4 is 15.5 Å². The molecular weight excluding hydrogens is 340 g/mol. The Labute approximate surface area is 152 Å². The zero-order chi connectivity index (χ0) is 18.5. The first kappa shape index (κ1) is 18.8. The Morgan fingerprint density at radius 3 is 2.58 bits per heavy atom. The van der Waals surface area contributed by atoms with Gasteiger partial charge in [-0.1, -0.05) is 12.8 Å². The van der Waals surface area contributed by atoms with E-state index in [2.05, 4.69) is 10.6 Å². The molecule has 0 spiro atoms. The summed E-state index contributed by atoms with van der Waals surface area (Å²) < 4.78 is 26.0. The molecule has 1 unspecified atom stereocenters. The average Bonchev–Trinajstić information content (AvgIpc) is 2.63. The second-order valence-electron chi connectivity index (χ2n) is 7.43. The van der Waals surface area contributed by atoms with E-state index in [1.54, 1.807) is 0 Å². The number of hydrogen-bond donors (Lipinski definition) is 3. The summed E-state index contributed by atoms with van der Waals surface area (Å²) in [5.41, 5.74) is 0.160. The Kier molecular flexibility index (Phi) is 6.19. The second kappa shape index (κ2) is 8.58. The summed E-state index contributed by atoms with van der Waals surface area (Å²) in [5, 5.41) is 5.05. The molecule has 5 nitrogen and oxygen atoms in total. The van der Waals surface area contributed by atoms with Crippen molar-refractivity contribution in [3.8, 4) is 0 Å². The number of quaternary nitrogens is 1. The number of amides is 2. The van der Waals surface area contributed by atoms with Gasteiger partial charge in [-0.05, 0) is 37.3 Å². The predicted molar refractivity (Wildman–Crippen MR) is 93.6 cm³/mol. The molecule has 1 saturated heterocycles. The number of halogens is 2. The molecule has 3 rings (SSSR count). The Morgan fingerprint density at radius 2 is 1.81 bits per heavy atom. The Balaban J connectivity index is 1.39. The van der Waals surface area contributed by atoms with Crippen LogP contribution in [0.3, 0.4) is 0 Å². The molecule has 1 saturated carbocycles. The fourth-order valence-corrected chi connectivity index (χ4v) is 4.20. The first-order valence-corrected chi connectivity index (χ1v) is 9.36. The number of piperidine rings is 1. The lowest BCUT2D eigenvalue weighted by atomic mass is 9.75. The summed E-state index contributed by atoms with van der Waals surface area (Å²) in [6.45, 7) is 2.24. The van der Waals surface area contributed by atoms with Gasteiger partial charge in [0.2, 0.25) is 5.91 Å². The molecule has 2 aliphatic rings. The lowest BCUT2D eigenvalue weighted by Crippen LogP contribution is -3.15. The summed E-state index contributed by atoms with van der Waals surface area (Å²) in [4.78, 5) is 25.2. The SMILES string of the molecule is O=C(C[NH+]1CC[C@H]2CCCC[C@@H]2C1)NCC(=O)Nc1ccc(F)c(F)c1. The standard InChI is InChI=1S/C19H25F2N3O2/c20-16-6-5-15(9-17(16)21)23-18(25)10-22-19(26)12-24-8-7-13-3-1-2-4-14(13)11-24/h5-6,9,13-14H,1-4,7-8,10-12H2,(H,22,26)(H,23,25)/p+1/t13-,14-/m1/s1. The zero-order valence-corrected chi connectivity index (χ0v) is 14.8. The highest BCUT2D eigenvalue weighted by Crippen LogP contribution is 2.32. The first-order valence-electron chi connectivity index (χ1n) is 9.36. The van der Waals surface area contributed by atoms with Crippen LogP contribution in [0.2, 0.25) is 0 Å². The fourth-order valence-electron chi connectivity index (χ4n) is 4.20. The molecule has 26 heavy (non-hydrogen) atoms. The molecule has 1 aliphatic carbocycles. The summed E-state index contributed by atoms with van der Waals surface area (Å²) in [5.74, 6) is -1.06. The van der Waals surface area contributed by atoms with Crippen molar-refractivity contribution < 1.29 is 23.3 Å². The first-order chi connectivity index (χ1) is 12.5. The van der Waals surface area contributed by atoms with Crippen molar-refractivity contribution in [2.45, 2.75) is 32.1 Å². The summed E-state index contributed by atoms with van der Waals surface area (Å²) in [6, 6.07) is 3.13. The predicted octanol–water partition coefficient (Wildman–Crippen LogP) is 1.11. The van der Waals surface area contributed by atoms with E-state index in [1.807, 2.05) is 0 Å². The number of rotatable bonds is 5. The van der Waals surface area contributed by atoms with Gasteiger partial charge in [-0.25, -0.2) is 8.78 Å². The topological polar surface area (TPSA) is 62.6 Å². The average molecular weight is 366 g/mol. The van der Waals surface area contributed by atoms with Crippen LogP contribution in [-0.2, 0) is 9.59 Å². The van der Waals surface area contributed by atoms with E-state index in [0.717, 1.165) is 37.1 Å². The Bertz CT molecular complexity index is 668. The largest absolute Gasteiger partial charge is 0.342 e. The van der Waals surface area contributed by atoms with Crippen molar-refractivity contribution in [2.75, 3.05) is 31.5 Å². The van der Waals surface area contributed by atoms with Crippen LogP contribution >= 0.6 is 0 Å². The maximum Gasteiger partial charge on any atom is 0.275 e. The summed E-state index contributed by atoms with van der Waals surface area (Å²) >= 11 is 0. The molecule has 3 N–H and O–H groups in total. The maximum absolute atomic E-state index is 13.1. The maximum atomic E-state index is 13.1. The number of fused-ring (bicyclic) bond motifs is 1. The van der Waals surface area contributed by atoms with Gasteiger partial charge in [-0.15, -0.1) is 0 Å². The van der Waals surface area contributed by atoms with Gasteiger partial charge in [0.25, 0.3) is 5.91 Å². The third-order valence-electron chi connectivity index (χ3n) is 5.55. The van der Waals surface area contributed by atoms with Crippen LogP contribution in [0.15, 0.2) is 18.2 Å². The van der Waals surface area contributed by atoms with E-state index < -0.39 is 17.5 Å². The molecule has 1 aromatic rings. The van der Waals surface area contributed by atoms with Gasteiger partial charge >= 0.3 is 0 Å². The van der Waals surface area contributed by atoms with Crippen LogP contribution in [0.5, 0.6) is 0 Å². The van der Waals surface area contributed by atoms with Crippen molar-refractivity contribution in [2.24, 2.45) is 11.8 Å². The van der Waals surface area contributed by atoms with Crippen molar-refractivity contribution in [3.63, 3.8) is 0 Å². The lowest BCUT2D eigenvalue weighted by Gasteiger charge is -2.38. The molecular formula is C19H26F2N3O2+. The molecule has 0 radical (unpaired) electrons. The van der Waals surface area contributed by atoms with Gasteiger partial charge in [0.15, 0.2) is 18.2 Å². The van der Waals surface area contributed by atoms with E-state index in [9.17, 15) is 18.4 Å². The van der Waals surface area contributed by atoms with E-state index in [1.165, 1.54) is 43.1 Å². The molecule has 3 atom stereocenters. The Hall–Kier alpha value is -2.02. The highest BCUT2D eigenvalue weighted by molar-refractivity contribution is 5.94. The molecule has 0 aromatic heterocycles. The monoisotopic (exact) mass is 366 g/mol. The van der Waals surface area contributed by atoms with Gasteiger partial charge in [0.05, 0.1) is 19.6 Å². The van der Waals surface area contributed by atoms with Gasteiger partial charge < -0.3 is 15.5 Å². The van der Waals surface area contributed by atoms with Crippen molar-refractivity contribution >= 4 is 17.5 Å². The highest BCUT2D eigenvalue weighted by atomic mass is 19.2. The minimum absolute atomic E-state index is 0.158. The minimum Gasteiger partial charge on any atom is -0.342 e. The molecule has 2 amide bonds. The molecule has 7 heteroatoms. The van der Waals surface area contributed by atoms with Gasteiger partial charge in [-0.3, -0.25) is 9.59 Å². The molecule has 1 aromatic carbocycles. The van der Waals surface area contributed by atoms with Crippen LogP contribution in [0.1, 0.15) is 32.1 Å². The van der Waals surface area contributed by atoms with Crippen molar-refractivity contribution in [3.05, 3.63) is 29.8 Å². The van der Waals surface area contributed by atoms with Crippen LogP contribution in [0.25, 0.3) is 0 Å². The van der Waals surface area contributed by atoms with Gasteiger partial charge in [0, 0.05) is 17.7 Å². The number of benzene rings is 1. The van der Waals surface area contributed by atoms with E-state index in [-0.39, 0.29) is 18.1 Å². The summed E-state index contributed by atoms with van der Waals surface area (Å²) in [6.07, 6.45) is 6.42. The molecule has 142 valence electrons. The lowest BCUT2D eigenvalue weighted by molar-refractivity contribution is -0.902. The number of nitrogens with one attached hydrogen (secondary N) is 3. The third-order valence-corrected chi connectivity index (χ3v) is 5.55. The molecule has 1 aliphatic heterocycles. The van der Waals surface area contributed by atoms with Crippen molar-refractivity contribution in [1.29, 1.82) is 0 Å². The van der Waals surface area contributed by atoms with Crippen LogP contribution in [0.4, 0.5) is 14.5 Å². The van der Waals surface area contributed by atoms with Crippen LogP contribution in [0, 0.1) is 23.5 Å². The number of carbonyl (C=O) groups excluding carboxylic acids is 2. The van der Waals surface area contributed by atoms with E-state index in [0.29, 0.717) is 6.54 Å². The van der Waals surface area contributed by atoms with Crippen molar-refractivity contribution in [1.82, 2.24) is 5.32 Å². The molecule has 0 bridgehead atoms. The number of likely N-dealkylation sites (tertiary alicyclic amines) is 1. The highest BCUT2D eigenvalue weighted by Gasteiger charge is 2.34. The molecule has 1 heterocycles. The second-order valence-corrected chi connectivity index (χ2v) is 7.43. The third kappa shape index (κ3) is 5.00. The van der Waals surface area contributed by atoms with Gasteiger partial charge in [0.1, 0.15) is 0 Å². The normalized spacial score (nSPS) is 25.2. The number of carbonyl (C=O) groups is 2. The fraction of sp³-hybridized carbons (Fsp3) is 0.579. The van der Waals surface area contributed by atoms with Gasteiger partial charge in [-0.2, -0.15) is 0 Å². The number of hydrogen-bond acceptors (Lipinski definition) is 2. The van der Waals surface area contributed by atoms with Crippen LogP contribution in [-0.4, -0.2) is 38.0 Å². The Morgan fingerprint density at radius 1 is 1.04 bits per heavy atom. The molecule has 2 fully saturated rings. The smallest absolute Gasteiger partial charge is 0.275 e. The van der Waals surface area contributed by atoms with E-state index >= 15 is 0 Å². The number of anilines is 1. The quantitative estimate of drug-likeness (QED) is 0.731. The van der Waals surface area contributed by atoms with E-state index in [4.69, 9.17) is 0 Å². The zero-order valence-electron chi connectivity index (χ0n) is 14.8.